The average molecular weight is 563 g/mol. The van der Waals surface area contributed by atoms with Crippen molar-refractivity contribution < 1.29 is 132 Å². The van der Waals surface area contributed by atoms with Gasteiger partial charge in [0.15, 0.2) is 17.4 Å². The van der Waals surface area contributed by atoms with E-state index >= 15 is 0 Å². The van der Waals surface area contributed by atoms with Crippen LogP contribution in [0.1, 0.15) is 6.23 Å². The molecule has 5 N–H and O–H groups in total. The topological polar surface area (TPSA) is 293 Å². The first kappa shape index (κ1) is 39.4. The van der Waals surface area contributed by atoms with Crippen molar-refractivity contribution in [3.8, 4) is 0 Å². The Morgan fingerprint density at radius 2 is 1.69 bits per heavy atom. The minimum atomic E-state index is -5.96. The van der Waals surface area contributed by atoms with Crippen LogP contribution in [0.2, 0.25) is 0 Å². The molecule has 2 unspecified atom stereocenters. The average Bonchev–Trinajstić information content (AvgIpc) is 3.12. The van der Waals surface area contributed by atoms with Crippen LogP contribution in [0.4, 0.5) is 5.95 Å². The molecule has 180 valence electrons. The standard InChI is InChI=1S/C10H16N5O13P3S.4Li/c11-10-13-7-4(8(18)14-10)12-2-15(7)9-6(17)5(16)3(26-9)1-25-29(19,20)27-30(21,22)28-31(23,24)32;;;;/h2-3,5-6,9,16-17H,1H2,(H,19,20)(H,21,22)(H2,23,24,32)(H3,11,13,14,18);;;;/q;4*+1/p-4/t3-,5-,6-,9-;;;;/m1..../s1. The van der Waals surface area contributed by atoms with Crippen molar-refractivity contribution in [3.05, 3.63) is 16.7 Å². The van der Waals surface area contributed by atoms with E-state index in [1.807, 2.05) is 0 Å². The van der Waals surface area contributed by atoms with E-state index in [1.54, 1.807) is 0 Å². The monoisotopic (exact) mass is 563 g/mol. The second kappa shape index (κ2) is 14.8. The summed E-state index contributed by atoms with van der Waals surface area (Å²) < 4.78 is 40.5. The third-order valence-corrected chi connectivity index (χ3v) is 8.12. The summed E-state index contributed by atoms with van der Waals surface area (Å²) in [5.41, 5.74) is 4.46. The number of imidazole rings is 1. The molecular formula is C10H12Li4N5O13P3S. The number of nitrogen functional groups attached to an aromatic ring is 1. The predicted molar refractivity (Wildman–Crippen MR) is 96.1 cm³/mol. The molecule has 2 aromatic rings. The molecule has 0 radical (unpaired) electrons. The van der Waals surface area contributed by atoms with Gasteiger partial charge in [-0.2, -0.15) is 4.98 Å². The molecule has 1 aliphatic heterocycles. The summed E-state index contributed by atoms with van der Waals surface area (Å²) in [5.74, 6) is -0.285. The third kappa shape index (κ3) is 10.0. The molecule has 3 heterocycles. The molecule has 1 fully saturated rings. The second-order valence-electron chi connectivity index (χ2n) is 6.12. The number of hydrogen-bond acceptors (Lipinski definition) is 17. The quantitative estimate of drug-likeness (QED) is 0.171. The van der Waals surface area contributed by atoms with E-state index in [0.29, 0.717) is 0 Å². The molecule has 0 bridgehead atoms. The van der Waals surface area contributed by atoms with Crippen molar-refractivity contribution in [2.45, 2.75) is 24.5 Å². The van der Waals surface area contributed by atoms with Crippen LogP contribution >= 0.6 is 22.4 Å². The number of phosphoric acid groups is 2. The number of anilines is 1. The number of H-pyrrole nitrogens is 1. The van der Waals surface area contributed by atoms with Crippen molar-refractivity contribution in [3.63, 3.8) is 0 Å². The molecule has 0 aromatic carbocycles. The van der Waals surface area contributed by atoms with Crippen LogP contribution in [0.5, 0.6) is 0 Å². The van der Waals surface area contributed by atoms with Crippen LogP contribution < -0.4 is 106 Å². The van der Waals surface area contributed by atoms with Gasteiger partial charge in [0.25, 0.3) is 21.2 Å². The zero-order valence-corrected chi connectivity index (χ0v) is 22.6. The maximum absolute atomic E-state index is 11.8. The summed E-state index contributed by atoms with van der Waals surface area (Å²) in [6.45, 7) is -6.41. The molecule has 3 rings (SSSR count). The molecule has 0 amide bonds. The summed E-state index contributed by atoms with van der Waals surface area (Å²) >= 11 is 3.67. The summed E-state index contributed by atoms with van der Waals surface area (Å²) in [5, 5.41) is 20.4. The second-order valence-corrected chi connectivity index (χ2v) is 11.7. The van der Waals surface area contributed by atoms with Crippen LogP contribution in [0.25, 0.3) is 11.2 Å². The third-order valence-electron chi connectivity index (χ3n) is 3.86. The molecule has 1 saturated heterocycles. The Kier molecular flexibility index (Phi) is 16.1. The number of aromatic nitrogens is 4. The molecule has 0 aliphatic carbocycles. The van der Waals surface area contributed by atoms with Gasteiger partial charge < -0.3 is 49.1 Å². The van der Waals surface area contributed by atoms with E-state index in [-0.39, 0.29) is 92.6 Å². The number of nitrogens with zero attached hydrogens (tertiary/aromatic N) is 3. The summed E-state index contributed by atoms with van der Waals surface area (Å²) in [7, 11) is -11.7. The fourth-order valence-corrected chi connectivity index (χ4v) is 6.27. The van der Waals surface area contributed by atoms with E-state index in [9.17, 15) is 43.7 Å². The van der Waals surface area contributed by atoms with Gasteiger partial charge in [0.2, 0.25) is 5.95 Å². The molecule has 0 saturated carbocycles. The maximum Gasteiger partial charge on any atom is 1.00 e. The molecular weight excluding hydrogens is 551 g/mol. The zero-order valence-electron chi connectivity index (χ0n) is 19.1. The van der Waals surface area contributed by atoms with E-state index in [0.717, 1.165) is 10.9 Å². The van der Waals surface area contributed by atoms with Crippen LogP contribution in [-0.4, -0.2) is 54.7 Å². The van der Waals surface area contributed by atoms with E-state index < -0.39 is 59.1 Å². The van der Waals surface area contributed by atoms with Gasteiger partial charge in [-0.25, -0.2) is 9.29 Å². The van der Waals surface area contributed by atoms with Gasteiger partial charge in [0.05, 0.1) is 12.9 Å². The van der Waals surface area contributed by atoms with Crippen molar-refractivity contribution in [2.75, 3.05) is 12.3 Å². The number of aliphatic hydroxyl groups excluding tert-OH is 2. The fraction of sp³-hybridized carbons (Fsp3) is 0.500. The Bertz CT molecular complexity index is 1230. The van der Waals surface area contributed by atoms with Crippen LogP contribution in [-0.2, 0) is 38.8 Å². The van der Waals surface area contributed by atoms with Gasteiger partial charge in [0, 0.05) is 0 Å². The maximum atomic E-state index is 11.8. The van der Waals surface area contributed by atoms with E-state index in [4.69, 9.17) is 10.5 Å². The summed E-state index contributed by atoms with van der Waals surface area (Å²) in [4.78, 5) is 66.0. The molecule has 6 atom stereocenters. The van der Waals surface area contributed by atoms with Crippen molar-refractivity contribution in [2.24, 2.45) is 0 Å². The van der Waals surface area contributed by atoms with Gasteiger partial charge >= 0.3 is 75.4 Å². The minimum Gasteiger partial charge on any atom is -0.812 e. The molecule has 26 heteroatoms. The molecule has 18 nitrogen and oxygen atoms in total. The number of aromatic amines is 1. The van der Waals surface area contributed by atoms with Crippen LogP contribution in [0.15, 0.2) is 11.1 Å². The summed E-state index contributed by atoms with van der Waals surface area (Å²) in [6.07, 6.45) is -5.46. The number of phosphoric ester groups is 1. The molecule has 1 aliphatic rings. The Morgan fingerprint density at radius 3 is 2.25 bits per heavy atom. The van der Waals surface area contributed by atoms with E-state index in [2.05, 4.69) is 39.9 Å². The number of fused-ring (bicyclic) bond motifs is 1. The first-order chi connectivity index (χ1) is 14.6. The van der Waals surface area contributed by atoms with Crippen LogP contribution in [0, 0.1) is 0 Å². The van der Waals surface area contributed by atoms with Gasteiger partial charge in [0.1, 0.15) is 18.3 Å². The molecule has 0 spiro atoms. The molecule has 2 aromatic heterocycles. The SMILES string of the molecule is Nc1nc2c(ncn2[C@@H]2O[C@H](COP(=O)([O-])OP(=O)([O-])OP([O-])([O-])=S)[C@@H](O)[C@H]2O)c(=O)[nH]1.[Li+].[Li+].[Li+].[Li+]. The smallest absolute Gasteiger partial charge is 0.812 e. The van der Waals surface area contributed by atoms with Gasteiger partial charge in [-0.1, -0.05) is 6.72 Å². The first-order valence-corrected chi connectivity index (χ1v) is 13.5. The zero-order chi connectivity index (χ0) is 24.1. The van der Waals surface area contributed by atoms with Crippen molar-refractivity contribution in [1.82, 2.24) is 19.5 Å². The fourth-order valence-electron chi connectivity index (χ4n) is 2.67. The Morgan fingerprint density at radius 1 is 1.11 bits per heavy atom. The van der Waals surface area contributed by atoms with Gasteiger partial charge in [-0.05, 0) is 0 Å². The Balaban J connectivity index is 0. The summed E-state index contributed by atoms with van der Waals surface area (Å²) in [6, 6.07) is 0. The number of ether oxygens (including phenoxy) is 1. The number of rotatable bonds is 8. The minimum absolute atomic E-state index is 0. The van der Waals surface area contributed by atoms with Crippen LogP contribution in [0.3, 0.4) is 0 Å². The number of aliphatic hydroxyl groups is 2. The predicted octanol–water partition coefficient (Wildman–Crippen LogP) is -16.7. The van der Waals surface area contributed by atoms with Crippen molar-refractivity contribution in [1.29, 1.82) is 0 Å². The first-order valence-electron chi connectivity index (χ1n) is 8.04. The Hall–Kier alpha value is 1.25. The molecule has 36 heavy (non-hydrogen) atoms. The normalized spacial score (nSPS) is 24.8. The Labute approximate surface area is 254 Å². The van der Waals surface area contributed by atoms with E-state index in [1.165, 1.54) is 0 Å². The number of hydrogen-bond donors (Lipinski definition) is 4. The largest absolute Gasteiger partial charge is 1.00 e. The number of nitrogens with two attached hydrogens (primary N) is 1. The van der Waals surface area contributed by atoms with Gasteiger partial charge in [-0.15, -0.1) is 11.8 Å². The van der Waals surface area contributed by atoms with Gasteiger partial charge in [-0.3, -0.25) is 23.5 Å². The van der Waals surface area contributed by atoms with Crippen molar-refractivity contribution >= 4 is 51.3 Å². The number of nitrogens with one attached hydrogen (secondary N) is 1.